The van der Waals surface area contributed by atoms with Crippen LogP contribution in [0.15, 0.2) is 0 Å². The molecule has 0 unspecified atom stereocenters. The van der Waals surface area contributed by atoms with E-state index in [2.05, 4.69) is 0 Å². The van der Waals surface area contributed by atoms with Crippen LogP contribution in [-0.4, -0.2) is 53.1 Å². The fourth-order valence-corrected chi connectivity index (χ4v) is 2.54. The van der Waals surface area contributed by atoms with Crippen LogP contribution in [0.3, 0.4) is 0 Å². The van der Waals surface area contributed by atoms with Gasteiger partial charge < -0.3 is 14.9 Å². The number of urea groups is 1. The number of likely N-dealkylation sites (tertiary alicyclic amines) is 1. The first-order chi connectivity index (χ1) is 8.50. The number of nitrogens with zero attached hydrogens (tertiary/aromatic N) is 2. The number of rotatable bonds is 4. The molecule has 0 aromatic heterocycles. The van der Waals surface area contributed by atoms with E-state index in [1.807, 2.05) is 20.8 Å². The second-order valence-corrected chi connectivity index (χ2v) is 4.88. The molecule has 1 aliphatic heterocycles. The molecule has 104 valence electrons. The minimum atomic E-state index is -0.722. The molecule has 0 spiro atoms. The zero-order valence-electron chi connectivity index (χ0n) is 11.6. The van der Waals surface area contributed by atoms with E-state index in [1.54, 1.807) is 9.80 Å². The van der Waals surface area contributed by atoms with Gasteiger partial charge in [0, 0.05) is 26.2 Å². The maximum absolute atomic E-state index is 12.1. The van der Waals surface area contributed by atoms with Crippen molar-refractivity contribution >= 4 is 12.0 Å². The maximum atomic E-state index is 12.1. The van der Waals surface area contributed by atoms with Crippen LogP contribution in [0.1, 0.15) is 40.0 Å². The lowest BCUT2D eigenvalue weighted by Gasteiger charge is -2.39. The van der Waals surface area contributed by atoms with Gasteiger partial charge in [-0.15, -0.1) is 0 Å². The average molecular weight is 256 g/mol. The zero-order chi connectivity index (χ0) is 13.8. The van der Waals surface area contributed by atoms with Gasteiger partial charge >= 0.3 is 12.0 Å². The van der Waals surface area contributed by atoms with Crippen LogP contribution >= 0.6 is 0 Å². The third-order valence-corrected chi connectivity index (χ3v) is 4.16. The predicted octanol–water partition coefficient (Wildman–Crippen LogP) is 2.03. The number of carbonyl (C=O) groups excluding carboxylic acids is 1. The summed E-state index contributed by atoms with van der Waals surface area (Å²) in [5, 5.41) is 9.30. The van der Waals surface area contributed by atoms with Crippen molar-refractivity contribution in [3.8, 4) is 0 Å². The molecule has 1 aliphatic rings. The topological polar surface area (TPSA) is 60.9 Å². The van der Waals surface area contributed by atoms with Gasteiger partial charge in [0.15, 0.2) is 0 Å². The summed E-state index contributed by atoms with van der Waals surface area (Å²) in [4.78, 5) is 27.0. The molecule has 0 atom stereocenters. The lowest BCUT2D eigenvalue weighted by atomic mass is 9.76. The van der Waals surface area contributed by atoms with Crippen molar-refractivity contribution in [1.82, 2.24) is 9.80 Å². The summed E-state index contributed by atoms with van der Waals surface area (Å²) in [6.45, 7) is 8.33. The molecule has 0 bridgehead atoms. The van der Waals surface area contributed by atoms with Gasteiger partial charge in [0.2, 0.25) is 0 Å². The summed E-state index contributed by atoms with van der Waals surface area (Å²) in [5.74, 6) is -0.722. The summed E-state index contributed by atoms with van der Waals surface area (Å²) in [6, 6.07) is 0.0371. The Hall–Kier alpha value is -1.26. The second kappa shape index (κ2) is 6.07. The molecule has 0 aliphatic carbocycles. The Bertz CT molecular complexity index is 305. The van der Waals surface area contributed by atoms with Crippen molar-refractivity contribution in [3.63, 3.8) is 0 Å². The molecule has 1 rings (SSSR count). The molecule has 0 radical (unpaired) electrons. The fraction of sp³-hybridized carbons (Fsp3) is 0.846. The Morgan fingerprint density at radius 1 is 1.17 bits per heavy atom. The van der Waals surface area contributed by atoms with Crippen molar-refractivity contribution in [2.24, 2.45) is 5.41 Å². The molecule has 5 heteroatoms. The number of aliphatic carboxylic acids is 1. The number of carbonyl (C=O) groups is 2. The van der Waals surface area contributed by atoms with E-state index < -0.39 is 11.4 Å². The fourth-order valence-electron chi connectivity index (χ4n) is 2.54. The van der Waals surface area contributed by atoms with Crippen LogP contribution < -0.4 is 0 Å². The van der Waals surface area contributed by atoms with E-state index >= 15 is 0 Å². The molecule has 0 aromatic rings. The van der Waals surface area contributed by atoms with E-state index in [-0.39, 0.29) is 6.03 Å². The zero-order valence-corrected chi connectivity index (χ0v) is 11.6. The van der Waals surface area contributed by atoms with Gasteiger partial charge in [-0.3, -0.25) is 4.79 Å². The number of carboxylic acids is 1. The Morgan fingerprint density at radius 3 is 2.00 bits per heavy atom. The Labute approximate surface area is 109 Å². The van der Waals surface area contributed by atoms with Crippen LogP contribution in [0.4, 0.5) is 4.79 Å². The largest absolute Gasteiger partial charge is 0.481 e. The highest BCUT2D eigenvalue weighted by Crippen LogP contribution is 2.35. The Balaban J connectivity index is 2.63. The van der Waals surface area contributed by atoms with Crippen molar-refractivity contribution in [1.29, 1.82) is 0 Å². The van der Waals surface area contributed by atoms with Crippen molar-refractivity contribution in [3.05, 3.63) is 0 Å². The number of amides is 2. The number of hydrogen-bond donors (Lipinski definition) is 1. The molecule has 1 fully saturated rings. The molecular weight excluding hydrogens is 232 g/mol. The van der Waals surface area contributed by atoms with E-state index in [4.69, 9.17) is 0 Å². The van der Waals surface area contributed by atoms with Crippen LogP contribution in [0.5, 0.6) is 0 Å². The summed E-state index contributed by atoms with van der Waals surface area (Å²) in [5.41, 5.74) is -0.625. The summed E-state index contributed by atoms with van der Waals surface area (Å²) in [7, 11) is 0. The highest BCUT2D eigenvalue weighted by Gasteiger charge is 2.41. The predicted molar refractivity (Wildman–Crippen MR) is 69.5 cm³/mol. The van der Waals surface area contributed by atoms with E-state index in [9.17, 15) is 14.7 Å². The molecule has 1 heterocycles. The van der Waals surface area contributed by atoms with Crippen molar-refractivity contribution in [2.75, 3.05) is 26.2 Å². The van der Waals surface area contributed by atoms with Gasteiger partial charge in [-0.25, -0.2) is 4.79 Å². The lowest BCUT2D eigenvalue weighted by Crippen LogP contribution is -2.50. The molecule has 1 saturated heterocycles. The first-order valence-corrected chi connectivity index (χ1v) is 6.78. The monoisotopic (exact) mass is 256 g/mol. The third-order valence-electron chi connectivity index (χ3n) is 4.16. The van der Waals surface area contributed by atoms with Gasteiger partial charge in [-0.1, -0.05) is 6.92 Å². The van der Waals surface area contributed by atoms with E-state index in [0.29, 0.717) is 45.4 Å². The van der Waals surface area contributed by atoms with Crippen LogP contribution in [0, 0.1) is 5.41 Å². The van der Waals surface area contributed by atoms with Crippen LogP contribution in [0.25, 0.3) is 0 Å². The molecule has 0 aromatic carbocycles. The first kappa shape index (κ1) is 14.8. The van der Waals surface area contributed by atoms with Gasteiger partial charge in [0.1, 0.15) is 0 Å². The molecule has 5 nitrogen and oxygen atoms in total. The Morgan fingerprint density at radius 2 is 1.67 bits per heavy atom. The SMILES string of the molecule is CCN(CC)C(=O)N1CCC(CC)(C(=O)O)CC1. The van der Waals surface area contributed by atoms with Crippen molar-refractivity contribution < 1.29 is 14.7 Å². The average Bonchev–Trinajstić information content (AvgIpc) is 2.39. The van der Waals surface area contributed by atoms with Gasteiger partial charge in [-0.05, 0) is 33.1 Å². The minimum Gasteiger partial charge on any atom is -0.481 e. The van der Waals surface area contributed by atoms with E-state index in [0.717, 1.165) is 0 Å². The molecule has 0 saturated carbocycles. The normalized spacial score (nSPS) is 18.5. The number of piperidine rings is 1. The van der Waals surface area contributed by atoms with Crippen LogP contribution in [0.2, 0.25) is 0 Å². The number of hydrogen-bond acceptors (Lipinski definition) is 2. The highest BCUT2D eigenvalue weighted by atomic mass is 16.4. The Kier molecular flexibility index (Phi) is 4.99. The van der Waals surface area contributed by atoms with E-state index in [1.165, 1.54) is 0 Å². The smallest absolute Gasteiger partial charge is 0.319 e. The third kappa shape index (κ3) is 2.76. The van der Waals surface area contributed by atoms with Gasteiger partial charge in [0.25, 0.3) is 0 Å². The maximum Gasteiger partial charge on any atom is 0.319 e. The summed E-state index contributed by atoms with van der Waals surface area (Å²) in [6.07, 6.45) is 1.76. The van der Waals surface area contributed by atoms with Crippen molar-refractivity contribution in [2.45, 2.75) is 40.0 Å². The number of carboxylic acid groups (broad SMARTS) is 1. The second-order valence-electron chi connectivity index (χ2n) is 4.88. The van der Waals surface area contributed by atoms with Gasteiger partial charge in [0.05, 0.1) is 5.41 Å². The first-order valence-electron chi connectivity index (χ1n) is 6.78. The lowest BCUT2D eigenvalue weighted by molar-refractivity contribution is -0.152. The summed E-state index contributed by atoms with van der Waals surface area (Å²) >= 11 is 0. The standard InChI is InChI=1S/C13H24N2O3/c1-4-13(11(16)17)7-9-15(10-8-13)12(18)14(5-2)6-3/h4-10H2,1-3H3,(H,16,17). The van der Waals surface area contributed by atoms with Crippen LogP contribution in [-0.2, 0) is 4.79 Å². The molecule has 18 heavy (non-hydrogen) atoms. The molecular formula is C13H24N2O3. The minimum absolute atomic E-state index is 0.0371. The molecule has 1 N–H and O–H groups in total. The quantitative estimate of drug-likeness (QED) is 0.837. The summed E-state index contributed by atoms with van der Waals surface area (Å²) < 4.78 is 0. The molecule has 2 amide bonds. The highest BCUT2D eigenvalue weighted by molar-refractivity contribution is 5.77. The van der Waals surface area contributed by atoms with Gasteiger partial charge in [-0.2, -0.15) is 0 Å².